The monoisotopic (exact) mass is 206 g/mol. The third-order valence-corrected chi connectivity index (χ3v) is 2.06. The molecule has 66 valence electrons. The first-order chi connectivity index (χ1) is 5.57. The molecule has 0 aliphatic heterocycles. The molecule has 0 amide bonds. The molecule has 0 spiro atoms. The first-order valence-electron chi connectivity index (χ1n) is 3.15. The third-order valence-electron chi connectivity index (χ3n) is 1.47. The van der Waals surface area contributed by atoms with Crippen LogP contribution < -0.4 is 16.2 Å². The zero-order valence-corrected chi connectivity index (χ0v) is 7.91. The summed E-state index contributed by atoms with van der Waals surface area (Å²) in [6.45, 7) is 0. The smallest absolute Gasteiger partial charge is 0.162 e. The highest BCUT2D eigenvalue weighted by Crippen LogP contribution is 2.39. The Labute approximate surface area is 80.2 Å². The number of hydrogen-bond donors (Lipinski definition) is 2. The minimum atomic E-state index is 0.273. The fourth-order valence-corrected chi connectivity index (χ4v) is 1.40. The van der Waals surface area contributed by atoms with Crippen molar-refractivity contribution in [1.29, 1.82) is 0 Å². The lowest BCUT2D eigenvalue weighted by Gasteiger charge is -2.09. The summed E-state index contributed by atoms with van der Waals surface area (Å²) in [7, 11) is 1.46. The summed E-state index contributed by atoms with van der Waals surface area (Å²) in [5, 5.41) is 0.688. The maximum Gasteiger partial charge on any atom is 0.162 e. The molecule has 1 rings (SSSR count). The van der Waals surface area contributed by atoms with E-state index in [2.05, 4.69) is 0 Å². The summed E-state index contributed by atoms with van der Waals surface area (Å²) >= 11 is 11.5. The van der Waals surface area contributed by atoms with Crippen LogP contribution in [0.3, 0.4) is 0 Å². The summed E-state index contributed by atoms with van der Waals surface area (Å²) in [6, 6.07) is 1.49. The van der Waals surface area contributed by atoms with E-state index in [1.165, 1.54) is 13.2 Å². The van der Waals surface area contributed by atoms with Crippen molar-refractivity contribution in [3.8, 4) is 5.75 Å². The molecule has 4 N–H and O–H groups in total. The van der Waals surface area contributed by atoms with Crippen molar-refractivity contribution in [3.63, 3.8) is 0 Å². The molecule has 0 atom stereocenters. The predicted octanol–water partition coefficient (Wildman–Crippen LogP) is 2.17. The molecule has 0 heterocycles. The molecule has 0 aliphatic carbocycles. The molecule has 0 aromatic heterocycles. The Morgan fingerprint density at radius 2 is 1.75 bits per heavy atom. The van der Waals surface area contributed by atoms with Crippen molar-refractivity contribution < 1.29 is 4.74 Å². The zero-order valence-electron chi connectivity index (χ0n) is 6.40. The molecule has 12 heavy (non-hydrogen) atoms. The first kappa shape index (κ1) is 9.29. The Morgan fingerprint density at radius 3 is 2.25 bits per heavy atom. The average Bonchev–Trinajstić information content (AvgIpc) is 2.01. The normalized spacial score (nSPS) is 9.92. The van der Waals surface area contributed by atoms with Crippen LogP contribution in [0.5, 0.6) is 5.75 Å². The second-order valence-corrected chi connectivity index (χ2v) is 3.02. The van der Waals surface area contributed by atoms with Gasteiger partial charge >= 0.3 is 0 Å². The van der Waals surface area contributed by atoms with Crippen molar-refractivity contribution in [2.75, 3.05) is 18.6 Å². The Morgan fingerprint density at radius 1 is 1.17 bits per heavy atom. The van der Waals surface area contributed by atoms with Gasteiger partial charge < -0.3 is 16.2 Å². The zero-order chi connectivity index (χ0) is 9.30. The van der Waals surface area contributed by atoms with Crippen LogP contribution in [0, 0.1) is 0 Å². The highest BCUT2D eigenvalue weighted by Gasteiger charge is 2.11. The molecular weight excluding hydrogens is 199 g/mol. The van der Waals surface area contributed by atoms with E-state index in [1.807, 2.05) is 0 Å². The highest BCUT2D eigenvalue weighted by atomic mass is 35.5. The number of hydrogen-bond acceptors (Lipinski definition) is 3. The van der Waals surface area contributed by atoms with Gasteiger partial charge in [-0.1, -0.05) is 23.2 Å². The molecule has 0 saturated carbocycles. The van der Waals surface area contributed by atoms with Crippen LogP contribution in [0.2, 0.25) is 10.0 Å². The van der Waals surface area contributed by atoms with E-state index in [9.17, 15) is 0 Å². The Balaban J connectivity index is 3.40. The fourth-order valence-electron chi connectivity index (χ4n) is 0.842. The lowest BCUT2D eigenvalue weighted by atomic mass is 10.2. The highest BCUT2D eigenvalue weighted by molar-refractivity contribution is 6.38. The van der Waals surface area contributed by atoms with Crippen LogP contribution >= 0.6 is 23.2 Å². The summed E-state index contributed by atoms with van der Waals surface area (Å²) in [5.74, 6) is 0.360. The second kappa shape index (κ2) is 3.29. The van der Waals surface area contributed by atoms with E-state index in [0.29, 0.717) is 15.8 Å². The number of halogens is 2. The number of nitrogen functional groups attached to an aromatic ring is 2. The molecule has 0 saturated heterocycles. The second-order valence-electron chi connectivity index (χ2n) is 2.20. The Hall–Kier alpha value is -0.800. The number of ether oxygens (including phenoxy) is 1. The van der Waals surface area contributed by atoms with Gasteiger partial charge in [-0.15, -0.1) is 0 Å². The van der Waals surface area contributed by atoms with Crippen molar-refractivity contribution in [2.24, 2.45) is 0 Å². The van der Waals surface area contributed by atoms with Crippen LogP contribution in [0.25, 0.3) is 0 Å². The predicted molar refractivity (Wildman–Crippen MR) is 51.8 cm³/mol. The van der Waals surface area contributed by atoms with E-state index in [0.717, 1.165) is 0 Å². The van der Waals surface area contributed by atoms with Crippen LogP contribution in [0.15, 0.2) is 6.07 Å². The van der Waals surface area contributed by atoms with Crippen LogP contribution in [0.4, 0.5) is 11.4 Å². The lowest BCUT2D eigenvalue weighted by Crippen LogP contribution is -1.99. The maximum atomic E-state index is 5.76. The van der Waals surface area contributed by atoms with Gasteiger partial charge in [-0.3, -0.25) is 0 Å². The Kier molecular flexibility index (Phi) is 2.55. The molecule has 0 unspecified atom stereocenters. The van der Waals surface area contributed by atoms with E-state index in [-0.39, 0.29) is 11.4 Å². The molecular formula is C7H8Cl2N2O. The van der Waals surface area contributed by atoms with Crippen molar-refractivity contribution in [1.82, 2.24) is 0 Å². The van der Waals surface area contributed by atoms with Gasteiger partial charge in [-0.05, 0) is 6.07 Å². The number of anilines is 2. The molecule has 0 bridgehead atoms. The molecule has 0 aliphatic rings. The lowest BCUT2D eigenvalue weighted by molar-refractivity contribution is 0.417. The van der Waals surface area contributed by atoms with Gasteiger partial charge in [-0.2, -0.15) is 0 Å². The molecule has 3 nitrogen and oxygen atoms in total. The van der Waals surface area contributed by atoms with Gasteiger partial charge in [0.05, 0.1) is 22.8 Å². The van der Waals surface area contributed by atoms with Gasteiger partial charge in [0.2, 0.25) is 0 Å². The quantitative estimate of drug-likeness (QED) is 0.693. The van der Waals surface area contributed by atoms with E-state index in [4.69, 9.17) is 39.4 Å². The number of benzene rings is 1. The van der Waals surface area contributed by atoms with Gasteiger partial charge in [0.25, 0.3) is 0 Å². The molecule has 5 heteroatoms. The third kappa shape index (κ3) is 1.38. The maximum absolute atomic E-state index is 5.76. The fraction of sp³-hybridized carbons (Fsp3) is 0.143. The largest absolute Gasteiger partial charge is 0.493 e. The van der Waals surface area contributed by atoms with Crippen molar-refractivity contribution in [2.45, 2.75) is 0 Å². The molecule has 0 radical (unpaired) electrons. The van der Waals surface area contributed by atoms with Gasteiger partial charge in [0.1, 0.15) is 5.69 Å². The van der Waals surface area contributed by atoms with E-state index >= 15 is 0 Å². The SMILES string of the molecule is COc1c(Cl)cc(Cl)c(N)c1N. The van der Waals surface area contributed by atoms with Crippen molar-refractivity contribution >= 4 is 34.6 Å². The summed E-state index contributed by atoms with van der Waals surface area (Å²) in [4.78, 5) is 0. The summed E-state index contributed by atoms with van der Waals surface area (Å²) in [5.41, 5.74) is 11.7. The van der Waals surface area contributed by atoms with E-state index in [1.54, 1.807) is 0 Å². The standard InChI is InChI=1S/C7H8Cl2N2O/c1-12-7-4(9)2-3(8)5(10)6(7)11/h2H,10-11H2,1H3. The van der Waals surface area contributed by atoms with Crippen LogP contribution in [0.1, 0.15) is 0 Å². The van der Waals surface area contributed by atoms with Crippen molar-refractivity contribution in [3.05, 3.63) is 16.1 Å². The van der Waals surface area contributed by atoms with Gasteiger partial charge in [0, 0.05) is 0 Å². The molecule has 1 aromatic rings. The number of methoxy groups -OCH3 is 1. The molecule has 0 fully saturated rings. The summed E-state index contributed by atoms with van der Waals surface area (Å²) < 4.78 is 4.92. The minimum Gasteiger partial charge on any atom is -0.493 e. The average molecular weight is 207 g/mol. The molecule has 1 aromatic carbocycles. The van der Waals surface area contributed by atoms with Crippen LogP contribution in [-0.4, -0.2) is 7.11 Å². The van der Waals surface area contributed by atoms with E-state index < -0.39 is 0 Å². The Bertz CT molecular complexity index is 315. The van der Waals surface area contributed by atoms with Gasteiger partial charge in [0.15, 0.2) is 5.75 Å². The van der Waals surface area contributed by atoms with Crippen LogP contribution in [-0.2, 0) is 0 Å². The first-order valence-corrected chi connectivity index (χ1v) is 3.90. The summed E-state index contributed by atoms with van der Waals surface area (Å²) in [6.07, 6.45) is 0. The number of nitrogens with two attached hydrogens (primary N) is 2. The minimum absolute atomic E-state index is 0.273. The topological polar surface area (TPSA) is 61.3 Å². The van der Waals surface area contributed by atoms with Gasteiger partial charge in [-0.25, -0.2) is 0 Å². The number of rotatable bonds is 1.